The summed E-state index contributed by atoms with van der Waals surface area (Å²) in [6.45, 7) is 3.61. The second-order valence-electron chi connectivity index (χ2n) is 5.41. The lowest BCUT2D eigenvalue weighted by atomic mass is 10.1. The number of rotatable bonds is 2. The fourth-order valence-electron chi connectivity index (χ4n) is 2.77. The Bertz CT molecular complexity index is 1040. The maximum atomic E-state index is 11.9. The van der Waals surface area contributed by atoms with Gasteiger partial charge in [0.1, 0.15) is 28.3 Å². The fraction of sp³-hybridized carbons (Fsp3) is 0.118. The third kappa shape index (κ3) is 2.05. The third-order valence-electron chi connectivity index (χ3n) is 3.92. The van der Waals surface area contributed by atoms with Crippen LogP contribution < -0.4 is 11.5 Å². The zero-order valence-electron chi connectivity index (χ0n) is 13.2. The van der Waals surface area contributed by atoms with Crippen LogP contribution in [0, 0.1) is 26.2 Å². The molecular weight excluding hydrogens is 306 g/mol. The molecule has 3 aromatic rings. The van der Waals surface area contributed by atoms with E-state index in [9.17, 15) is 9.90 Å². The number of fused-ring (bicyclic) bond motifs is 1. The molecule has 0 saturated carbocycles. The summed E-state index contributed by atoms with van der Waals surface area (Å²) in [5.74, 6) is 1.85. The summed E-state index contributed by atoms with van der Waals surface area (Å²) in [5, 5.41) is 10.0. The number of nitrogen functional groups attached to an aromatic ring is 1. The van der Waals surface area contributed by atoms with E-state index in [1.807, 2.05) is 6.92 Å². The number of benzene rings is 1. The van der Waals surface area contributed by atoms with Gasteiger partial charge in [0, 0.05) is 5.56 Å². The average Bonchev–Trinajstić information content (AvgIpc) is 2.83. The molecule has 0 radical (unpaired) electrons. The SMILES string of the molecule is C#Cc1cnc2c(n1)c(C(N)=O)c(N)n2-c1c(C)ccc(O)c1C. The summed E-state index contributed by atoms with van der Waals surface area (Å²) >= 11 is 0. The van der Waals surface area contributed by atoms with Crippen molar-refractivity contribution in [3.63, 3.8) is 0 Å². The maximum Gasteiger partial charge on any atom is 0.254 e. The van der Waals surface area contributed by atoms with Gasteiger partial charge in [-0.15, -0.1) is 6.42 Å². The molecule has 5 N–H and O–H groups in total. The van der Waals surface area contributed by atoms with E-state index >= 15 is 0 Å². The first-order chi connectivity index (χ1) is 11.4. The topological polar surface area (TPSA) is 120 Å². The minimum atomic E-state index is -0.727. The summed E-state index contributed by atoms with van der Waals surface area (Å²) in [6, 6.07) is 3.34. The molecule has 2 heterocycles. The number of aromatic hydroxyl groups is 1. The lowest BCUT2D eigenvalue weighted by Gasteiger charge is -2.15. The largest absolute Gasteiger partial charge is 0.508 e. The molecule has 7 heteroatoms. The number of carbonyl (C=O) groups excluding carboxylic acids is 1. The first-order valence-electron chi connectivity index (χ1n) is 7.09. The van der Waals surface area contributed by atoms with Gasteiger partial charge in [0.2, 0.25) is 0 Å². The third-order valence-corrected chi connectivity index (χ3v) is 3.92. The summed E-state index contributed by atoms with van der Waals surface area (Å²) in [7, 11) is 0. The monoisotopic (exact) mass is 321 g/mol. The number of primary amides is 1. The van der Waals surface area contributed by atoms with Gasteiger partial charge in [-0.3, -0.25) is 9.36 Å². The second kappa shape index (κ2) is 5.28. The van der Waals surface area contributed by atoms with Gasteiger partial charge in [0.05, 0.1) is 11.9 Å². The van der Waals surface area contributed by atoms with Crippen LogP contribution >= 0.6 is 0 Å². The zero-order chi connectivity index (χ0) is 17.6. The summed E-state index contributed by atoms with van der Waals surface area (Å²) in [4.78, 5) is 20.4. The van der Waals surface area contributed by atoms with Crippen molar-refractivity contribution in [2.45, 2.75) is 13.8 Å². The van der Waals surface area contributed by atoms with Crippen molar-refractivity contribution >= 4 is 22.9 Å². The Kier molecular flexibility index (Phi) is 3.38. The lowest BCUT2D eigenvalue weighted by molar-refractivity contribution is 0.100. The van der Waals surface area contributed by atoms with Gasteiger partial charge in [0.25, 0.3) is 5.91 Å². The molecule has 7 nitrogen and oxygen atoms in total. The van der Waals surface area contributed by atoms with E-state index in [0.717, 1.165) is 5.56 Å². The van der Waals surface area contributed by atoms with E-state index in [2.05, 4.69) is 15.9 Å². The molecule has 0 spiro atoms. The number of hydrogen-bond donors (Lipinski definition) is 3. The van der Waals surface area contributed by atoms with Crippen LogP contribution in [0.5, 0.6) is 5.75 Å². The summed E-state index contributed by atoms with van der Waals surface area (Å²) < 4.78 is 1.56. The number of anilines is 1. The van der Waals surface area contributed by atoms with Crippen LogP contribution in [0.1, 0.15) is 27.2 Å². The molecule has 0 aliphatic carbocycles. The fourth-order valence-corrected chi connectivity index (χ4v) is 2.77. The normalized spacial score (nSPS) is 10.7. The van der Waals surface area contributed by atoms with Gasteiger partial charge in [-0.25, -0.2) is 9.97 Å². The van der Waals surface area contributed by atoms with E-state index in [1.165, 1.54) is 6.20 Å². The highest BCUT2D eigenvalue weighted by Gasteiger charge is 2.24. The zero-order valence-corrected chi connectivity index (χ0v) is 13.2. The van der Waals surface area contributed by atoms with Crippen molar-refractivity contribution in [2.75, 3.05) is 5.73 Å². The molecule has 120 valence electrons. The highest BCUT2D eigenvalue weighted by molar-refractivity contribution is 6.09. The Morgan fingerprint density at radius 1 is 1.38 bits per heavy atom. The van der Waals surface area contributed by atoms with Crippen LogP contribution in [0.25, 0.3) is 16.9 Å². The van der Waals surface area contributed by atoms with Gasteiger partial charge in [-0.05, 0) is 31.4 Å². The molecule has 0 aliphatic heterocycles. The van der Waals surface area contributed by atoms with Crippen LogP contribution in [0.15, 0.2) is 18.3 Å². The van der Waals surface area contributed by atoms with Crippen LogP contribution in [0.3, 0.4) is 0 Å². The van der Waals surface area contributed by atoms with Crippen molar-refractivity contribution in [2.24, 2.45) is 5.73 Å². The number of nitrogens with zero attached hydrogens (tertiary/aromatic N) is 3. The number of phenolic OH excluding ortho intramolecular Hbond substituents is 1. The van der Waals surface area contributed by atoms with Crippen molar-refractivity contribution in [3.8, 4) is 23.8 Å². The lowest BCUT2D eigenvalue weighted by Crippen LogP contribution is -2.14. The van der Waals surface area contributed by atoms with Gasteiger partial charge in [0.15, 0.2) is 5.65 Å². The smallest absolute Gasteiger partial charge is 0.254 e. The Balaban J connectivity index is 2.52. The highest BCUT2D eigenvalue weighted by Crippen LogP contribution is 2.34. The Hall–Kier alpha value is -3.53. The summed E-state index contributed by atoms with van der Waals surface area (Å²) in [6.07, 6.45) is 6.76. The number of phenols is 1. The second-order valence-corrected chi connectivity index (χ2v) is 5.41. The molecule has 3 rings (SSSR count). The van der Waals surface area contributed by atoms with Crippen molar-refractivity contribution in [1.29, 1.82) is 0 Å². The van der Waals surface area contributed by atoms with E-state index in [4.69, 9.17) is 17.9 Å². The number of hydrogen-bond acceptors (Lipinski definition) is 5. The van der Waals surface area contributed by atoms with Gasteiger partial charge in [-0.1, -0.05) is 6.07 Å². The van der Waals surface area contributed by atoms with Gasteiger partial charge in [-0.2, -0.15) is 0 Å². The molecule has 2 aromatic heterocycles. The predicted octanol–water partition coefficient (Wildman–Crippen LogP) is 1.41. The van der Waals surface area contributed by atoms with Crippen LogP contribution in [-0.4, -0.2) is 25.5 Å². The molecule has 0 fully saturated rings. The van der Waals surface area contributed by atoms with Crippen molar-refractivity contribution in [3.05, 3.63) is 40.7 Å². The number of amides is 1. The van der Waals surface area contributed by atoms with Crippen LogP contribution in [0.2, 0.25) is 0 Å². The predicted molar refractivity (Wildman–Crippen MR) is 90.9 cm³/mol. The van der Waals surface area contributed by atoms with Gasteiger partial charge >= 0.3 is 0 Å². The number of aromatic nitrogens is 3. The number of terminal acetylenes is 1. The van der Waals surface area contributed by atoms with Gasteiger partial charge < -0.3 is 16.6 Å². The van der Waals surface area contributed by atoms with E-state index in [0.29, 0.717) is 16.9 Å². The van der Waals surface area contributed by atoms with Crippen molar-refractivity contribution < 1.29 is 9.90 Å². The van der Waals surface area contributed by atoms with E-state index < -0.39 is 5.91 Å². The van der Waals surface area contributed by atoms with Crippen LogP contribution in [0.4, 0.5) is 5.82 Å². The maximum absolute atomic E-state index is 11.9. The molecule has 0 aliphatic rings. The standard InChI is InChI=1S/C17H15N5O2/c1-4-10-7-20-17-13(21-10)12(16(19)24)15(18)22(17)14-8(2)5-6-11(23)9(14)3/h1,5-7,23H,18H2,2-3H3,(H2,19,24). The van der Waals surface area contributed by atoms with E-state index in [1.54, 1.807) is 23.6 Å². The number of carbonyl (C=O) groups is 1. The molecule has 0 atom stereocenters. The molecule has 1 amide bonds. The Morgan fingerprint density at radius 3 is 2.71 bits per heavy atom. The highest BCUT2D eigenvalue weighted by atomic mass is 16.3. The first kappa shape index (κ1) is 15.4. The number of nitrogens with two attached hydrogens (primary N) is 2. The Morgan fingerprint density at radius 2 is 2.08 bits per heavy atom. The molecule has 24 heavy (non-hydrogen) atoms. The van der Waals surface area contributed by atoms with Crippen LogP contribution in [-0.2, 0) is 0 Å². The Labute approximate surface area is 137 Å². The minimum Gasteiger partial charge on any atom is -0.508 e. The summed E-state index contributed by atoms with van der Waals surface area (Å²) in [5.41, 5.74) is 14.6. The number of aryl methyl sites for hydroxylation is 1. The quantitative estimate of drug-likeness (QED) is 0.616. The molecule has 0 saturated heterocycles. The molecule has 1 aromatic carbocycles. The van der Waals surface area contributed by atoms with Crippen molar-refractivity contribution in [1.82, 2.24) is 14.5 Å². The first-order valence-corrected chi connectivity index (χ1v) is 7.09. The molecule has 0 unspecified atom stereocenters. The minimum absolute atomic E-state index is 0.0525. The average molecular weight is 321 g/mol. The molecular formula is C17H15N5O2. The molecule has 0 bridgehead atoms. The van der Waals surface area contributed by atoms with E-state index in [-0.39, 0.29) is 28.3 Å².